The number of nitrogens with one attached hydrogen (secondary N) is 2. The van der Waals surface area contributed by atoms with Gasteiger partial charge in [-0.2, -0.15) is 0 Å². The highest BCUT2D eigenvalue weighted by Crippen LogP contribution is 2.16. The molecule has 20 heavy (non-hydrogen) atoms. The van der Waals surface area contributed by atoms with Crippen LogP contribution in [-0.4, -0.2) is 52.5 Å². The van der Waals surface area contributed by atoms with Crippen LogP contribution in [0.3, 0.4) is 0 Å². The second kappa shape index (κ2) is 6.09. The van der Waals surface area contributed by atoms with Gasteiger partial charge in [0.15, 0.2) is 11.5 Å². The molecule has 3 rings (SSSR count). The molecule has 0 aliphatic carbocycles. The molecule has 1 aliphatic heterocycles. The van der Waals surface area contributed by atoms with Crippen molar-refractivity contribution >= 4 is 17.3 Å². The first kappa shape index (κ1) is 13.2. The Bertz CT molecular complexity index is 558. The van der Waals surface area contributed by atoms with Crippen molar-refractivity contribution in [1.29, 1.82) is 0 Å². The molecule has 0 amide bonds. The van der Waals surface area contributed by atoms with E-state index in [0.29, 0.717) is 0 Å². The van der Waals surface area contributed by atoms with Gasteiger partial charge in [-0.1, -0.05) is 0 Å². The Balaban J connectivity index is 1.59. The molecule has 0 bridgehead atoms. The van der Waals surface area contributed by atoms with E-state index in [1.807, 2.05) is 23.8 Å². The van der Waals surface area contributed by atoms with Crippen molar-refractivity contribution < 1.29 is 0 Å². The first-order valence-corrected chi connectivity index (χ1v) is 7.34. The molecule has 1 fully saturated rings. The number of anilines is 2. The van der Waals surface area contributed by atoms with Crippen LogP contribution in [0, 0.1) is 0 Å². The van der Waals surface area contributed by atoms with Gasteiger partial charge in [-0.25, -0.2) is 9.97 Å². The predicted molar refractivity (Wildman–Crippen MR) is 81.3 cm³/mol. The fourth-order valence-corrected chi connectivity index (χ4v) is 2.69. The summed E-state index contributed by atoms with van der Waals surface area (Å²) in [5.74, 6) is 1.70. The van der Waals surface area contributed by atoms with Crippen LogP contribution >= 0.6 is 0 Å². The highest BCUT2D eigenvalue weighted by atomic mass is 15.2. The third kappa shape index (κ3) is 2.85. The Morgan fingerprint density at radius 1 is 1.30 bits per heavy atom. The van der Waals surface area contributed by atoms with Gasteiger partial charge >= 0.3 is 0 Å². The van der Waals surface area contributed by atoms with E-state index in [4.69, 9.17) is 0 Å². The summed E-state index contributed by atoms with van der Waals surface area (Å²) in [5, 5.41) is 6.49. The minimum Gasteiger partial charge on any atom is -0.372 e. The number of rotatable bonds is 6. The smallest absolute Gasteiger partial charge is 0.180 e. The third-order valence-corrected chi connectivity index (χ3v) is 3.77. The van der Waals surface area contributed by atoms with Gasteiger partial charge in [-0.15, -0.1) is 0 Å². The summed E-state index contributed by atoms with van der Waals surface area (Å²) in [6.07, 6.45) is 9.52. The van der Waals surface area contributed by atoms with Crippen LogP contribution in [-0.2, 0) is 0 Å². The Morgan fingerprint density at radius 3 is 2.95 bits per heavy atom. The van der Waals surface area contributed by atoms with Gasteiger partial charge < -0.3 is 19.9 Å². The average molecular weight is 274 g/mol. The summed E-state index contributed by atoms with van der Waals surface area (Å²) in [5.41, 5.74) is 0.880. The Kier molecular flexibility index (Phi) is 4.01. The molecule has 0 spiro atoms. The Labute approximate surface area is 119 Å². The minimum absolute atomic E-state index is 0.845. The zero-order valence-electron chi connectivity index (χ0n) is 12.0. The minimum atomic E-state index is 0.845. The largest absolute Gasteiger partial charge is 0.372 e. The maximum atomic E-state index is 4.54. The van der Waals surface area contributed by atoms with Crippen molar-refractivity contribution in [2.45, 2.75) is 19.3 Å². The molecule has 0 unspecified atom stereocenters. The predicted octanol–water partition coefficient (Wildman–Crippen LogP) is 1.67. The van der Waals surface area contributed by atoms with Gasteiger partial charge in [0.2, 0.25) is 0 Å². The van der Waals surface area contributed by atoms with Gasteiger partial charge in [-0.3, -0.25) is 0 Å². The third-order valence-electron chi connectivity index (χ3n) is 3.77. The van der Waals surface area contributed by atoms with Crippen LogP contribution in [0.15, 0.2) is 18.6 Å². The molecule has 2 aromatic heterocycles. The molecular weight excluding hydrogens is 252 g/mol. The van der Waals surface area contributed by atoms with Crippen molar-refractivity contribution in [2.75, 3.05) is 43.9 Å². The fraction of sp³-hybridized carbons (Fsp3) is 0.571. The molecule has 2 N–H and O–H groups in total. The lowest BCUT2D eigenvalue weighted by Gasteiger charge is -2.15. The number of aromatic nitrogens is 3. The number of nitrogens with zero attached hydrogens (tertiary/aromatic N) is 4. The summed E-state index contributed by atoms with van der Waals surface area (Å²) in [6.45, 7) is 4.62. The van der Waals surface area contributed by atoms with Crippen molar-refractivity contribution in [1.82, 2.24) is 19.3 Å². The Morgan fingerprint density at radius 2 is 2.15 bits per heavy atom. The average Bonchev–Trinajstić information content (AvgIpc) is 3.13. The standard InChI is InChI=1S/C14H22N6/c1-15-12-11-20-10-6-17-14(20)13(18-12)16-5-4-9-19-7-2-3-8-19/h6,10-11,15H,2-5,7-9H2,1H3,(H,16,18). The van der Waals surface area contributed by atoms with Gasteiger partial charge in [0.05, 0.1) is 6.20 Å². The summed E-state index contributed by atoms with van der Waals surface area (Å²) in [6, 6.07) is 0. The van der Waals surface area contributed by atoms with Gasteiger partial charge in [0.25, 0.3) is 0 Å². The number of likely N-dealkylation sites (tertiary alicyclic amines) is 1. The highest BCUT2D eigenvalue weighted by molar-refractivity contribution is 5.65. The van der Waals surface area contributed by atoms with Crippen molar-refractivity contribution in [3.8, 4) is 0 Å². The molecule has 1 aliphatic rings. The lowest BCUT2D eigenvalue weighted by Crippen LogP contribution is -2.22. The lowest BCUT2D eigenvalue weighted by atomic mass is 10.4. The summed E-state index contributed by atoms with van der Waals surface area (Å²) >= 11 is 0. The molecular formula is C14H22N6. The van der Waals surface area contributed by atoms with Crippen LogP contribution in [0.1, 0.15) is 19.3 Å². The zero-order chi connectivity index (χ0) is 13.8. The van der Waals surface area contributed by atoms with Crippen LogP contribution in [0.2, 0.25) is 0 Å². The molecule has 6 heteroatoms. The molecule has 0 saturated carbocycles. The topological polar surface area (TPSA) is 57.5 Å². The van der Waals surface area contributed by atoms with Gasteiger partial charge in [0, 0.05) is 26.0 Å². The molecule has 0 aromatic carbocycles. The van der Waals surface area contributed by atoms with E-state index in [1.165, 1.54) is 32.5 Å². The van der Waals surface area contributed by atoms with E-state index >= 15 is 0 Å². The normalized spacial score (nSPS) is 15.8. The van der Waals surface area contributed by atoms with E-state index in [9.17, 15) is 0 Å². The van der Waals surface area contributed by atoms with Crippen LogP contribution in [0.4, 0.5) is 11.6 Å². The first-order valence-electron chi connectivity index (χ1n) is 7.34. The van der Waals surface area contributed by atoms with Crippen LogP contribution < -0.4 is 10.6 Å². The number of hydrogen-bond acceptors (Lipinski definition) is 5. The summed E-state index contributed by atoms with van der Waals surface area (Å²) < 4.78 is 1.99. The molecule has 108 valence electrons. The maximum Gasteiger partial charge on any atom is 0.180 e. The zero-order valence-corrected chi connectivity index (χ0v) is 12.0. The second-order valence-electron chi connectivity index (χ2n) is 5.21. The lowest BCUT2D eigenvalue weighted by molar-refractivity contribution is 0.337. The molecule has 3 heterocycles. The van der Waals surface area contributed by atoms with Crippen molar-refractivity contribution in [3.05, 3.63) is 18.6 Å². The molecule has 6 nitrogen and oxygen atoms in total. The van der Waals surface area contributed by atoms with E-state index in [-0.39, 0.29) is 0 Å². The van der Waals surface area contributed by atoms with E-state index in [1.54, 1.807) is 6.20 Å². The highest BCUT2D eigenvalue weighted by Gasteiger charge is 2.11. The summed E-state index contributed by atoms with van der Waals surface area (Å²) in [4.78, 5) is 11.4. The molecule has 2 aromatic rings. The van der Waals surface area contributed by atoms with Gasteiger partial charge in [-0.05, 0) is 38.9 Å². The van der Waals surface area contributed by atoms with Gasteiger partial charge in [0.1, 0.15) is 5.82 Å². The maximum absolute atomic E-state index is 4.54. The summed E-state index contributed by atoms with van der Waals surface area (Å²) in [7, 11) is 1.88. The molecule has 1 saturated heterocycles. The Hall–Kier alpha value is -1.82. The monoisotopic (exact) mass is 274 g/mol. The SMILES string of the molecule is CNc1cn2ccnc2c(NCCCN2CCCC2)n1. The molecule has 0 radical (unpaired) electrons. The fourth-order valence-electron chi connectivity index (χ4n) is 2.69. The number of imidazole rings is 1. The second-order valence-corrected chi connectivity index (χ2v) is 5.21. The van der Waals surface area contributed by atoms with Crippen molar-refractivity contribution in [2.24, 2.45) is 0 Å². The van der Waals surface area contributed by atoms with Crippen LogP contribution in [0.25, 0.3) is 5.65 Å². The quantitative estimate of drug-likeness (QED) is 0.785. The number of fused-ring (bicyclic) bond motifs is 1. The molecule has 0 atom stereocenters. The van der Waals surface area contributed by atoms with Crippen molar-refractivity contribution in [3.63, 3.8) is 0 Å². The first-order chi connectivity index (χ1) is 9.86. The van der Waals surface area contributed by atoms with E-state index in [0.717, 1.165) is 30.2 Å². The van der Waals surface area contributed by atoms with E-state index in [2.05, 4.69) is 25.5 Å². The number of hydrogen-bond donors (Lipinski definition) is 2. The van der Waals surface area contributed by atoms with E-state index < -0.39 is 0 Å². The van der Waals surface area contributed by atoms with Crippen LogP contribution in [0.5, 0.6) is 0 Å².